The molecule has 94 valence electrons. The van der Waals surface area contributed by atoms with Crippen LogP contribution >= 0.6 is 0 Å². The molecule has 0 aliphatic rings. The van der Waals surface area contributed by atoms with Crippen LogP contribution < -0.4 is 4.74 Å². The summed E-state index contributed by atoms with van der Waals surface area (Å²) in [6, 6.07) is 7.73. The lowest BCUT2D eigenvalue weighted by Crippen LogP contribution is -2.35. The number of amides is 1. The third kappa shape index (κ3) is 4.07. The predicted octanol–water partition coefficient (Wildman–Crippen LogP) is 1.08. The first-order chi connectivity index (χ1) is 8.04. The van der Waals surface area contributed by atoms with E-state index >= 15 is 0 Å². The summed E-state index contributed by atoms with van der Waals surface area (Å²) >= 11 is 0. The van der Waals surface area contributed by atoms with Crippen LogP contribution in [0.3, 0.4) is 0 Å². The Kier molecular flexibility index (Phi) is 4.97. The number of ether oxygens (including phenoxy) is 1. The number of aliphatic hydroxyl groups excluding tert-OH is 1. The summed E-state index contributed by atoms with van der Waals surface area (Å²) in [7, 11) is 3.32. The number of nitrogens with zero attached hydrogens (tertiary/aromatic N) is 1. The molecule has 1 aromatic rings. The zero-order valence-electron chi connectivity index (χ0n) is 10.5. The van der Waals surface area contributed by atoms with E-state index in [0.717, 1.165) is 17.7 Å². The van der Waals surface area contributed by atoms with Crippen LogP contribution in [-0.2, 0) is 11.2 Å². The Labute approximate surface area is 102 Å². The molecule has 0 saturated heterocycles. The minimum atomic E-state index is -0.934. The van der Waals surface area contributed by atoms with Crippen molar-refractivity contribution in [3.05, 3.63) is 29.8 Å². The molecular weight excluding hydrogens is 218 g/mol. The highest BCUT2D eigenvalue weighted by Crippen LogP contribution is 2.11. The van der Waals surface area contributed by atoms with Crippen LogP contribution in [0.15, 0.2) is 24.3 Å². The Bertz CT molecular complexity index is 359. The molecule has 0 saturated carbocycles. The fourth-order valence-electron chi connectivity index (χ4n) is 1.52. The molecule has 1 aromatic carbocycles. The lowest BCUT2D eigenvalue weighted by atomic mass is 10.1. The van der Waals surface area contributed by atoms with E-state index in [1.807, 2.05) is 24.3 Å². The fourth-order valence-corrected chi connectivity index (χ4v) is 1.52. The number of methoxy groups -OCH3 is 1. The monoisotopic (exact) mass is 237 g/mol. The average Bonchev–Trinajstić information content (AvgIpc) is 2.35. The second-order valence-electron chi connectivity index (χ2n) is 4.03. The van der Waals surface area contributed by atoms with Gasteiger partial charge in [0.2, 0.25) is 0 Å². The van der Waals surface area contributed by atoms with E-state index in [1.54, 1.807) is 14.2 Å². The summed E-state index contributed by atoms with van der Waals surface area (Å²) < 4.78 is 5.07. The van der Waals surface area contributed by atoms with Gasteiger partial charge in [0.25, 0.3) is 5.91 Å². The minimum Gasteiger partial charge on any atom is -0.497 e. The lowest BCUT2D eigenvalue weighted by molar-refractivity contribution is -0.137. The van der Waals surface area contributed by atoms with Crippen LogP contribution in [0, 0.1) is 0 Å². The van der Waals surface area contributed by atoms with Gasteiger partial charge in [0.05, 0.1) is 7.11 Å². The van der Waals surface area contributed by atoms with Gasteiger partial charge in [-0.05, 0) is 31.0 Å². The molecule has 0 fully saturated rings. The molecule has 1 rings (SSSR count). The summed E-state index contributed by atoms with van der Waals surface area (Å²) in [6.45, 7) is 2.07. The van der Waals surface area contributed by atoms with E-state index < -0.39 is 6.10 Å². The Hall–Kier alpha value is -1.55. The van der Waals surface area contributed by atoms with Gasteiger partial charge in [0.15, 0.2) is 0 Å². The molecular formula is C13H19NO3. The first kappa shape index (κ1) is 13.5. The molecule has 17 heavy (non-hydrogen) atoms. The molecule has 0 heterocycles. The number of carbonyl (C=O) groups excluding carboxylic acids is 1. The molecule has 4 nitrogen and oxygen atoms in total. The van der Waals surface area contributed by atoms with Crippen molar-refractivity contribution in [3.8, 4) is 5.75 Å². The highest BCUT2D eigenvalue weighted by molar-refractivity contribution is 5.79. The SMILES string of the molecule is COc1ccc(CCN(C)C(=O)C(C)O)cc1. The van der Waals surface area contributed by atoms with Crippen LogP contribution in [0.4, 0.5) is 0 Å². The summed E-state index contributed by atoms with van der Waals surface area (Å²) in [6.07, 6.45) is -0.172. The van der Waals surface area contributed by atoms with Crippen LogP contribution in [0.1, 0.15) is 12.5 Å². The van der Waals surface area contributed by atoms with E-state index in [1.165, 1.54) is 11.8 Å². The Morgan fingerprint density at radius 1 is 1.41 bits per heavy atom. The Morgan fingerprint density at radius 3 is 2.47 bits per heavy atom. The molecule has 1 amide bonds. The molecule has 1 unspecified atom stereocenters. The van der Waals surface area contributed by atoms with Crippen molar-refractivity contribution in [2.75, 3.05) is 20.7 Å². The maximum Gasteiger partial charge on any atom is 0.250 e. The maximum absolute atomic E-state index is 11.4. The number of rotatable bonds is 5. The predicted molar refractivity (Wildman–Crippen MR) is 66.0 cm³/mol. The van der Waals surface area contributed by atoms with E-state index in [-0.39, 0.29) is 5.91 Å². The quantitative estimate of drug-likeness (QED) is 0.833. The first-order valence-corrected chi connectivity index (χ1v) is 5.60. The highest BCUT2D eigenvalue weighted by Gasteiger charge is 2.13. The molecule has 0 aromatic heterocycles. The Morgan fingerprint density at radius 2 is 2.00 bits per heavy atom. The van der Waals surface area contributed by atoms with Gasteiger partial charge >= 0.3 is 0 Å². The topological polar surface area (TPSA) is 49.8 Å². The van der Waals surface area contributed by atoms with Gasteiger partial charge in [-0.1, -0.05) is 12.1 Å². The average molecular weight is 237 g/mol. The van der Waals surface area contributed by atoms with Crippen molar-refractivity contribution >= 4 is 5.91 Å². The van der Waals surface area contributed by atoms with E-state index in [0.29, 0.717) is 6.54 Å². The molecule has 0 radical (unpaired) electrons. The van der Waals surface area contributed by atoms with E-state index in [9.17, 15) is 4.79 Å². The Balaban J connectivity index is 2.47. The summed E-state index contributed by atoms with van der Waals surface area (Å²) in [5, 5.41) is 9.15. The second-order valence-corrected chi connectivity index (χ2v) is 4.03. The van der Waals surface area contributed by atoms with E-state index in [4.69, 9.17) is 9.84 Å². The minimum absolute atomic E-state index is 0.251. The maximum atomic E-state index is 11.4. The number of hydrogen-bond acceptors (Lipinski definition) is 3. The van der Waals surface area contributed by atoms with Crippen LogP contribution in [0.25, 0.3) is 0 Å². The lowest BCUT2D eigenvalue weighted by Gasteiger charge is -2.18. The largest absolute Gasteiger partial charge is 0.497 e. The standard InChI is InChI=1S/C13H19NO3/c1-10(15)13(16)14(2)9-8-11-4-6-12(17-3)7-5-11/h4-7,10,15H,8-9H2,1-3H3. The zero-order chi connectivity index (χ0) is 12.8. The zero-order valence-corrected chi connectivity index (χ0v) is 10.5. The second kappa shape index (κ2) is 6.25. The van der Waals surface area contributed by atoms with Crippen molar-refractivity contribution in [2.45, 2.75) is 19.4 Å². The highest BCUT2D eigenvalue weighted by atomic mass is 16.5. The van der Waals surface area contributed by atoms with Gasteiger partial charge in [-0.3, -0.25) is 4.79 Å². The van der Waals surface area contributed by atoms with Crippen molar-refractivity contribution in [2.24, 2.45) is 0 Å². The van der Waals surface area contributed by atoms with Crippen molar-refractivity contribution in [1.82, 2.24) is 4.90 Å². The molecule has 0 spiro atoms. The van der Waals surface area contributed by atoms with Crippen molar-refractivity contribution in [3.63, 3.8) is 0 Å². The first-order valence-electron chi connectivity index (χ1n) is 5.60. The van der Waals surface area contributed by atoms with Crippen molar-refractivity contribution < 1.29 is 14.6 Å². The van der Waals surface area contributed by atoms with Gasteiger partial charge in [-0.25, -0.2) is 0 Å². The van der Waals surface area contributed by atoms with E-state index in [2.05, 4.69) is 0 Å². The molecule has 0 aliphatic carbocycles. The summed E-state index contributed by atoms with van der Waals surface area (Å²) in [5.41, 5.74) is 1.14. The molecule has 0 aliphatic heterocycles. The number of aliphatic hydroxyl groups is 1. The number of carbonyl (C=O) groups is 1. The molecule has 0 bridgehead atoms. The molecule has 1 atom stereocenters. The van der Waals surface area contributed by atoms with Crippen LogP contribution in [-0.4, -0.2) is 42.7 Å². The fraction of sp³-hybridized carbons (Fsp3) is 0.462. The van der Waals surface area contributed by atoms with Gasteiger partial charge in [0.1, 0.15) is 11.9 Å². The van der Waals surface area contributed by atoms with Crippen LogP contribution in [0.5, 0.6) is 5.75 Å². The smallest absolute Gasteiger partial charge is 0.250 e. The third-order valence-electron chi connectivity index (χ3n) is 2.63. The number of benzene rings is 1. The van der Waals surface area contributed by atoms with Gasteiger partial charge in [-0.15, -0.1) is 0 Å². The number of likely N-dealkylation sites (N-methyl/N-ethyl adjacent to an activating group) is 1. The summed E-state index contributed by atoms with van der Waals surface area (Å²) in [4.78, 5) is 13.0. The van der Waals surface area contributed by atoms with Gasteiger partial charge < -0.3 is 14.7 Å². The number of hydrogen-bond donors (Lipinski definition) is 1. The molecule has 1 N–H and O–H groups in total. The normalized spacial score (nSPS) is 12.0. The van der Waals surface area contributed by atoms with Gasteiger partial charge in [0, 0.05) is 13.6 Å². The molecule has 4 heteroatoms. The van der Waals surface area contributed by atoms with Gasteiger partial charge in [-0.2, -0.15) is 0 Å². The summed E-state index contributed by atoms with van der Waals surface area (Å²) in [5.74, 6) is 0.570. The van der Waals surface area contributed by atoms with Crippen molar-refractivity contribution in [1.29, 1.82) is 0 Å². The third-order valence-corrected chi connectivity index (χ3v) is 2.63. The van der Waals surface area contributed by atoms with Crippen LogP contribution in [0.2, 0.25) is 0 Å².